The molecule has 1 aliphatic rings. The van der Waals surface area contributed by atoms with Crippen molar-refractivity contribution in [1.29, 1.82) is 0 Å². The maximum absolute atomic E-state index is 12.9. The summed E-state index contributed by atoms with van der Waals surface area (Å²) in [5.41, 5.74) is 0.504. The van der Waals surface area contributed by atoms with Crippen molar-refractivity contribution in [3.8, 4) is 10.4 Å². The highest BCUT2D eigenvalue weighted by molar-refractivity contribution is 7.19. The van der Waals surface area contributed by atoms with Crippen LogP contribution in [0.5, 0.6) is 0 Å². The van der Waals surface area contributed by atoms with Crippen LogP contribution in [0, 0.1) is 0 Å². The molecular weight excluding hydrogens is 478 g/mol. The second-order valence-electron chi connectivity index (χ2n) is 10.3. The molecule has 3 rings (SSSR count). The van der Waals surface area contributed by atoms with Crippen LogP contribution in [0.2, 0.25) is 4.34 Å². The molecule has 0 aliphatic carbocycles. The Kier molecular flexibility index (Phi) is 7.85. The number of rotatable bonds is 4. The number of hydrogen-bond donors (Lipinski definition) is 1. The average molecular weight is 510 g/mol. The molecule has 186 valence electrons. The highest BCUT2D eigenvalue weighted by Gasteiger charge is 2.47. The van der Waals surface area contributed by atoms with E-state index in [-0.39, 0.29) is 6.54 Å². The van der Waals surface area contributed by atoms with E-state index in [1.807, 2.05) is 36.4 Å². The molecule has 1 N–H and O–H groups in total. The topological polar surface area (TPSA) is 85.3 Å². The molecule has 0 spiro atoms. The summed E-state index contributed by atoms with van der Waals surface area (Å²) in [7, 11) is 0. The number of carbonyl (C=O) groups is 2. The van der Waals surface area contributed by atoms with Gasteiger partial charge in [-0.3, -0.25) is 4.90 Å². The van der Waals surface area contributed by atoms with Gasteiger partial charge in [-0.25, -0.2) is 9.59 Å². The quantitative estimate of drug-likeness (QED) is 0.515. The predicted octanol–water partition coefficient (Wildman–Crippen LogP) is 5.91. The van der Waals surface area contributed by atoms with Crippen molar-refractivity contribution in [2.24, 2.45) is 0 Å². The van der Waals surface area contributed by atoms with Crippen molar-refractivity contribution in [3.63, 3.8) is 0 Å². The molecule has 1 amide bonds. The molecule has 1 aliphatic heterocycles. The molecule has 2 aromatic rings. The van der Waals surface area contributed by atoms with Crippen molar-refractivity contribution >= 4 is 35.2 Å². The van der Waals surface area contributed by atoms with E-state index in [9.17, 15) is 14.7 Å². The smallest absolute Gasteiger partial charge is 0.444 e. The normalized spacial score (nSPS) is 20.8. The van der Waals surface area contributed by atoms with Crippen molar-refractivity contribution in [2.75, 3.05) is 6.54 Å². The van der Waals surface area contributed by atoms with Gasteiger partial charge < -0.3 is 19.3 Å². The highest BCUT2D eigenvalue weighted by Crippen LogP contribution is 2.32. The number of ether oxygens (including phenoxy) is 3. The molecule has 34 heavy (non-hydrogen) atoms. The van der Waals surface area contributed by atoms with E-state index in [2.05, 4.69) is 0 Å². The van der Waals surface area contributed by atoms with Crippen molar-refractivity contribution < 1.29 is 28.9 Å². The SMILES string of the molecule is CC(C)(C)OC(=O)O[C@H]1CN(C(=O)OC(C)(C)C)[C@H](Cc2ccc(-c3ccc(Cl)s3)cc2)[C@@H]1O. The Morgan fingerprint density at radius 3 is 2.18 bits per heavy atom. The van der Waals surface area contributed by atoms with Gasteiger partial charge in [-0.1, -0.05) is 35.9 Å². The standard InChI is InChI=1S/C25H32ClNO6S/c1-24(2,3)32-22(29)27-14-18(31-23(30)33-25(4,5)6)21(28)17(27)13-15-7-9-16(10-8-15)19-11-12-20(26)34-19/h7-12,17-18,21,28H,13-14H2,1-6H3/t17-,18+,21+/m1/s1. The molecular formula is C25H32ClNO6S. The van der Waals surface area contributed by atoms with Crippen LogP contribution in [-0.2, 0) is 20.6 Å². The summed E-state index contributed by atoms with van der Waals surface area (Å²) >= 11 is 7.54. The van der Waals surface area contributed by atoms with Crippen LogP contribution in [0.1, 0.15) is 47.1 Å². The van der Waals surface area contributed by atoms with Crippen LogP contribution in [0.15, 0.2) is 36.4 Å². The van der Waals surface area contributed by atoms with Crippen LogP contribution in [0.25, 0.3) is 10.4 Å². The summed E-state index contributed by atoms with van der Waals surface area (Å²) in [5, 5.41) is 11.0. The first kappa shape index (κ1) is 26.3. The number of benzene rings is 1. The highest BCUT2D eigenvalue weighted by atomic mass is 35.5. The Labute approximate surface area is 209 Å². The predicted molar refractivity (Wildman–Crippen MR) is 132 cm³/mol. The molecule has 7 nitrogen and oxygen atoms in total. The fourth-order valence-electron chi connectivity index (χ4n) is 3.65. The number of aliphatic hydroxyl groups is 1. The van der Waals surface area contributed by atoms with E-state index < -0.39 is 41.7 Å². The van der Waals surface area contributed by atoms with Crippen LogP contribution < -0.4 is 0 Å². The third-order valence-corrected chi connectivity index (χ3v) is 6.35. The van der Waals surface area contributed by atoms with E-state index in [1.54, 1.807) is 41.5 Å². The van der Waals surface area contributed by atoms with Gasteiger partial charge >= 0.3 is 12.2 Å². The number of hydrogen-bond acceptors (Lipinski definition) is 7. The van der Waals surface area contributed by atoms with Crippen LogP contribution in [0.4, 0.5) is 9.59 Å². The fourth-order valence-corrected chi connectivity index (χ4v) is 4.70. The minimum atomic E-state index is -1.10. The summed E-state index contributed by atoms with van der Waals surface area (Å²) < 4.78 is 16.9. The van der Waals surface area contributed by atoms with E-state index in [0.717, 1.165) is 20.3 Å². The summed E-state index contributed by atoms with van der Waals surface area (Å²) in [5.74, 6) is 0. The lowest BCUT2D eigenvalue weighted by atomic mass is 10.00. The minimum Gasteiger partial charge on any atom is -0.444 e. The maximum Gasteiger partial charge on any atom is 0.509 e. The van der Waals surface area contributed by atoms with Gasteiger partial charge in [0.1, 0.15) is 17.3 Å². The summed E-state index contributed by atoms with van der Waals surface area (Å²) in [6.45, 7) is 10.5. The number of aliphatic hydroxyl groups excluding tert-OH is 1. The van der Waals surface area contributed by atoms with Gasteiger partial charge in [0, 0.05) is 4.88 Å². The molecule has 1 fully saturated rings. The largest absolute Gasteiger partial charge is 0.509 e. The molecule has 3 atom stereocenters. The number of thiophene rings is 1. The second kappa shape index (κ2) is 10.1. The summed E-state index contributed by atoms with van der Waals surface area (Å²) in [6, 6.07) is 11.0. The Morgan fingerprint density at radius 2 is 1.65 bits per heavy atom. The van der Waals surface area contributed by atoms with Gasteiger partial charge in [0.15, 0.2) is 6.10 Å². The zero-order valence-electron chi connectivity index (χ0n) is 20.3. The fraction of sp³-hybridized carbons (Fsp3) is 0.520. The summed E-state index contributed by atoms with van der Waals surface area (Å²) in [6.07, 6.45) is -3.13. The van der Waals surface area contributed by atoms with Crippen LogP contribution >= 0.6 is 22.9 Å². The van der Waals surface area contributed by atoms with Gasteiger partial charge in [0.25, 0.3) is 0 Å². The minimum absolute atomic E-state index is 0.00572. The maximum atomic E-state index is 12.9. The van der Waals surface area contributed by atoms with Gasteiger partial charge in [-0.05, 0) is 71.2 Å². The molecule has 0 radical (unpaired) electrons. The van der Waals surface area contributed by atoms with Gasteiger partial charge in [0.2, 0.25) is 0 Å². The van der Waals surface area contributed by atoms with E-state index >= 15 is 0 Å². The summed E-state index contributed by atoms with van der Waals surface area (Å²) in [4.78, 5) is 27.6. The number of amides is 1. The molecule has 1 aromatic carbocycles. The first-order valence-electron chi connectivity index (χ1n) is 11.1. The number of nitrogens with zero attached hydrogens (tertiary/aromatic N) is 1. The Hall–Kier alpha value is -2.29. The Morgan fingerprint density at radius 1 is 1.03 bits per heavy atom. The van der Waals surface area contributed by atoms with E-state index in [0.29, 0.717) is 6.42 Å². The zero-order chi connectivity index (χ0) is 25.3. The van der Waals surface area contributed by atoms with E-state index in [4.69, 9.17) is 25.8 Å². The van der Waals surface area contributed by atoms with Gasteiger partial charge in [-0.15, -0.1) is 11.3 Å². The van der Waals surface area contributed by atoms with Gasteiger partial charge in [-0.2, -0.15) is 0 Å². The second-order valence-corrected chi connectivity index (χ2v) is 12.0. The number of carbonyl (C=O) groups excluding carboxylic acids is 2. The third-order valence-electron chi connectivity index (χ3n) is 5.07. The van der Waals surface area contributed by atoms with Crippen LogP contribution in [0.3, 0.4) is 0 Å². The lowest BCUT2D eigenvalue weighted by molar-refractivity contribution is -0.0486. The number of likely N-dealkylation sites (tertiary alicyclic amines) is 1. The Bertz CT molecular complexity index is 1010. The zero-order valence-corrected chi connectivity index (χ0v) is 21.9. The lowest BCUT2D eigenvalue weighted by Gasteiger charge is -2.29. The first-order valence-corrected chi connectivity index (χ1v) is 12.3. The molecule has 1 saturated heterocycles. The molecule has 0 unspecified atom stereocenters. The average Bonchev–Trinajstić information content (AvgIpc) is 3.25. The monoisotopic (exact) mass is 509 g/mol. The molecule has 9 heteroatoms. The van der Waals surface area contributed by atoms with Crippen LogP contribution in [-0.4, -0.2) is 58.3 Å². The van der Waals surface area contributed by atoms with Crippen molar-refractivity contribution in [1.82, 2.24) is 4.90 Å². The van der Waals surface area contributed by atoms with Crippen molar-refractivity contribution in [2.45, 2.75) is 77.4 Å². The van der Waals surface area contributed by atoms with E-state index in [1.165, 1.54) is 16.2 Å². The Balaban J connectivity index is 1.78. The molecule has 1 aromatic heterocycles. The molecule has 0 saturated carbocycles. The van der Waals surface area contributed by atoms with Gasteiger partial charge in [0.05, 0.1) is 16.9 Å². The lowest BCUT2D eigenvalue weighted by Crippen LogP contribution is -2.43. The number of halogens is 1. The first-order chi connectivity index (χ1) is 15.7. The third kappa shape index (κ3) is 7.10. The van der Waals surface area contributed by atoms with Crippen molar-refractivity contribution in [3.05, 3.63) is 46.3 Å². The molecule has 2 heterocycles. The molecule has 0 bridgehead atoms.